The van der Waals surface area contributed by atoms with E-state index in [4.69, 9.17) is 11.5 Å². The highest BCUT2D eigenvalue weighted by Gasteiger charge is 2.22. The first kappa shape index (κ1) is 26.1. The van der Waals surface area contributed by atoms with Crippen LogP contribution in [0.4, 0.5) is 9.59 Å². The summed E-state index contributed by atoms with van der Waals surface area (Å²) in [7, 11) is 0. The number of carbonyl (C=O) groups excluding carboxylic acids is 4. The van der Waals surface area contributed by atoms with Crippen molar-refractivity contribution < 1.29 is 19.2 Å². The molecule has 0 aromatic heterocycles. The summed E-state index contributed by atoms with van der Waals surface area (Å²) < 4.78 is 0. The fourth-order valence-electron chi connectivity index (χ4n) is 2.58. The molecule has 0 unspecified atom stereocenters. The molecule has 26 heavy (non-hydrogen) atoms. The van der Waals surface area contributed by atoms with Gasteiger partial charge in [0.05, 0.1) is 0 Å². The number of amides is 6. The third-order valence-corrected chi connectivity index (χ3v) is 3.98. The van der Waals surface area contributed by atoms with Gasteiger partial charge < -0.3 is 11.5 Å². The average molecular weight is 373 g/mol. The van der Waals surface area contributed by atoms with Gasteiger partial charge in [-0.3, -0.25) is 20.2 Å². The number of hydrogen-bond acceptors (Lipinski definition) is 4. The van der Waals surface area contributed by atoms with E-state index < -0.39 is 12.1 Å². The predicted octanol–water partition coefficient (Wildman–Crippen LogP) is 2.51. The third kappa shape index (κ3) is 12.3. The highest BCUT2D eigenvalue weighted by Crippen LogP contribution is 2.17. The van der Waals surface area contributed by atoms with Gasteiger partial charge in [-0.15, -0.1) is 0 Å². The Morgan fingerprint density at radius 1 is 0.692 bits per heavy atom. The molecule has 2 atom stereocenters. The summed E-state index contributed by atoms with van der Waals surface area (Å²) in [6, 6.07) is -1.54. The van der Waals surface area contributed by atoms with Gasteiger partial charge in [0.1, 0.15) is 0 Å². The molecule has 0 spiro atoms. The molecule has 0 fully saturated rings. The van der Waals surface area contributed by atoms with Crippen LogP contribution in [0.15, 0.2) is 0 Å². The van der Waals surface area contributed by atoms with Gasteiger partial charge in [0.25, 0.3) is 0 Å². The van der Waals surface area contributed by atoms with Crippen molar-refractivity contribution in [1.29, 1.82) is 0 Å². The fraction of sp³-hybridized carbons (Fsp3) is 0.778. The number of urea groups is 2. The number of imide groups is 2. The van der Waals surface area contributed by atoms with E-state index in [0.29, 0.717) is 0 Å². The van der Waals surface area contributed by atoms with Crippen LogP contribution in [0.2, 0.25) is 0 Å². The summed E-state index contributed by atoms with van der Waals surface area (Å²) in [6.07, 6.45) is 3.43. The summed E-state index contributed by atoms with van der Waals surface area (Å²) in [5, 5.41) is 4.22. The zero-order chi connectivity index (χ0) is 20.9. The van der Waals surface area contributed by atoms with Crippen molar-refractivity contribution in [3.8, 4) is 0 Å². The summed E-state index contributed by atoms with van der Waals surface area (Å²) in [5.41, 5.74) is 9.71. The van der Waals surface area contributed by atoms with Gasteiger partial charge in [0, 0.05) is 11.8 Å². The van der Waals surface area contributed by atoms with Gasteiger partial charge >= 0.3 is 12.1 Å². The Hall–Kier alpha value is -2.12. The summed E-state index contributed by atoms with van der Waals surface area (Å²) in [4.78, 5) is 43.6. The summed E-state index contributed by atoms with van der Waals surface area (Å²) in [5.74, 6) is -0.276. The molecule has 8 heteroatoms. The number of carbonyl (C=O) groups is 4. The third-order valence-electron chi connectivity index (χ3n) is 3.98. The molecule has 152 valence electrons. The van der Waals surface area contributed by atoms with E-state index in [1.54, 1.807) is 0 Å². The Balaban J connectivity index is 0. The largest absolute Gasteiger partial charge is 0.351 e. The Kier molecular flexibility index (Phi) is 14.2. The van der Waals surface area contributed by atoms with Crippen LogP contribution in [-0.2, 0) is 9.59 Å². The van der Waals surface area contributed by atoms with Crippen LogP contribution in [0.1, 0.15) is 67.2 Å². The first-order chi connectivity index (χ1) is 12.0. The van der Waals surface area contributed by atoms with Crippen molar-refractivity contribution in [3.05, 3.63) is 0 Å². The first-order valence-electron chi connectivity index (χ1n) is 9.18. The standard InChI is InChI=1S/2C9H18N2O2/c2*1-4-5-7(6(2)3)8(12)11-9(10)13/h2*6-7H,4-5H2,1-3H3,(H3,10,11,12,13)/t2*7-/m10/s1. The lowest BCUT2D eigenvalue weighted by Crippen LogP contribution is -2.40. The molecule has 0 saturated heterocycles. The monoisotopic (exact) mass is 372 g/mol. The van der Waals surface area contributed by atoms with Crippen molar-refractivity contribution >= 4 is 23.9 Å². The van der Waals surface area contributed by atoms with Crippen LogP contribution < -0.4 is 22.1 Å². The van der Waals surface area contributed by atoms with E-state index in [1.807, 2.05) is 41.5 Å². The van der Waals surface area contributed by atoms with Crippen LogP contribution in [0.3, 0.4) is 0 Å². The lowest BCUT2D eigenvalue weighted by molar-refractivity contribution is -0.126. The number of nitrogens with one attached hydrogen (secondary N) is 2. The van der Waals surface area contributed by atoms with Crippen molar-refractivity contribution in [2.24, 2.45) is 35.1 Å². The second kappa shape index (κ2) is 14.1. The maximum absolute atomic E-state index is 11.4. The summed E-state index contributed by atoms with van der Waals surface area (Å²) >= 11 is 0. The Labute approximate surface area is 156 Å². The van der Waals surface area contributed by atoms with E-state index in [9.17, 15) is 19.2 Å². The van der Waals surface area contributed by atoms with Gasteiger partial charge in [-0.25, -0.2) is 9.59 Å². The lowest BCUT2D eigenvalue weighted by atomic mass is 9.91. The molecule has 0 rings (SSSR count). The van der Waals surface area contributed by atoms with Crippen LogP contribution in [0.25, 0.3) is 0 Å². The smallest absolute Gasteiger partial charge is 0.318 e. The molecule has 0 aliphatic heterocycles. The molecule has 6 N–H and O–H groups in total. The minimum absolute atomic E-state index is 0.113. The van der Waals surface area contributed by atoms with Crippen LogP contribution in [0, 0.1) is 23.7 Å². The fourth-order valence-corrected chi connectivity index (χ4v) is 2.58. The molecule has 0 heterocycles. The number of hydrogen-bond donors (Lipinski definition) is 4. The van der Waals surface area contributed by atoms with Crippen molar-refractivity contribution in [2.75, 3.05) is 0 Å². The molecular weight excluding hydrogens is 336 g/mol. The van der Waals surface area contributed by atoms with Crippen molar-refractivity contribution in [1.82, 2.24) is 10.6 Å². The highest BCUT2D eigenvalue weighted by molar-refractivity contribution is 5.95. The zero-order valence-electron chi connectivity index (χ0n) is 16.9. The van der Waals surface area contributed by atoms with Crippen LogP contribution in [0.5, 0.6) is 0 Å². The topological polar surface area (TPSA) is 144 Å². The number of nitrogens with two attached hydrogens (primary N) is 2. The molecule has 0 aromatic carbocycles. The lowest BCUT2D eigenvalue weighted by Gasteiger charge is -2.18. The van der Waals surface area contributed by atoms with Crippen LogP contribution >= 0.6 is 0 Å². The minimum atomic E-state index is -0.772. The maximum atomic E-state index is 11.4. The van der Waals surface area contributed by atoms with Gasteiger partial charge in [-0.1, -0.05) is 54.4 Å². The number of rotatable bonds is 8. The average Bonchev–Trinajstić information content (AvgIpc) is 2.48. The normalized spacial score (nSPS) is 12.6. The van der Waals surface area contributed by atoms with Crippen LogP contribution in [-0.4, -0.2) is 23.9 Å². The number of primary amides is 2. The molecule has 0 saturated carbocycles. The SMILES string of the molecule is CCC[C@@H](C(=O)NC(N)=O)C(C)C.CCC[C@H](C(=O)NC(N)=O)C(C)C. The molecule has 0 aliphatic rings. The predicted molar refractivity (Wildman–Crippen MR) is 102 cm³/mol. The highest BCUT2D eigenvalue weighted by atomic mass is 16.2. The zero-order valence-corrected chi connectivity index (χ0v) is 16.9. The molecule has 6 amide bonds. The molecule has 8 nitrogen and oxygen atoms in total. The van der Waals surface area contributed by atoms with E-state index in [2.05, 4.69) is 10.6 Å². The first-order valence-corrected chi connectivity index (χ1v) is 9.18. The molecular formula is C18H36N4O4. The Morgan fingerprint density at radius 2 is 0.962 bits per heavy atom. The minimum Gasteiger partial charge on any atom is -0.351 e. The van der Waals surface area contributed by atoms with Gasteiger partial charge in [0.2, 0.25) is 11.8 Å². The Bertz CT molecular complexity index is 422. The quantitative estimate of drug-likeness (QED) is 0.518. The maximum Gasteiger partial charge on any atom is 0.318 e. The molecule has 0 bridgehead atoms. The van der Waals surface area contributed by atoms with Crippen molar-refractivity contribution in [3.63, 3.8) is 0 Å². The van der Waals surface area contributed by atoms with E-state index >= 15 is 0 Å². The van der Waals surface area contributed by atoms with Gasteiger partial charge in [-0.05, 0) is 24.7 Å². The Morgan fingerprint density at radius 3 is 1.12 bits per heavy atom. The van der Waals surface area contributed by atoms with Crippen molar-refractivity contribution in [2.45, 2.75) is 67.2 Å². The van der Waals surface area contributed by atoms with E-state index in [1.165, 1.54) is 0 Å². The van der Waals surface area contributed by atoms with Gasteiger partial charge in [-0.2, -0.15) is 0 Å². The second-order valence-corrected chi connectivity index (χ2v) is 6.99. The van der Waals surface area contributed by atoms with E-state index in [0.717, 1.165) is 25.7 Å². The van der Waals surface area contributed by atoms with Gasteiger partial charge in [0.15, 0.2) is 0 Å². The molecule has 0 aromatic rings. The molecule has 0 aliphatic carbocycles. The second-order valence-electron chi connectivity index (χ2n) is 6.99. The van der Waals surface area contributed by atoms with E-state index in [-0.39, 0.29) is 35.5 Å². The summed E-state index contributed by atoms with van der Waals surface area (Å²) in [6.45, 7) is 11.9. The molecule has 0 radical (unpaired) electrons.